The molecule has 140 valence electrons. The summed E-state index contributed by atoms with van der Waals surface area (Å²) < 4.78 is 11.5. The van der Waals surface area contributed by atoms with Crippen molar-refractivity contribution in [3.05, 3.63) is 23.8 Å². The van der Waals surface area contributed by atoms with Gasteiger partial charge in [-0.2, -0.15) is 0 Å². The number of hydrogen-bond acceptors (Lipinski definition) is 4. The predicted molar refractivity (Wildman–Crippen MR) is 100 cm³/mol. The van der Waals surface area contributed by atoms with Crippen LogP contribution in [0, 0.1) is 5.92 Å². The molecule has 0 spiro atoms. The minimum absolute atomic E-state index is 0.148. The van der Waals surface area contributed by atoms with Crippen LogP contribution in [0.25, 0.3) is 0 Å². The molecule has 1 heterocycles. The maximum atomic E-state index is 12.0. The van der Waals surface area contributed by atoms with E-state index in [1.165, 1.54) is 0 Å². The maximum Gasteiger partial charge on any atom is 0.220 e. The summed E-state index contributed by atoms with van der Waals surface area (Å²) in [5, 5.41) is 3.05. The zero-order chi connectivity index (χ0) is 18.2. The molecule has 2 rings (SSSR count). The van der Waals surface area contributed by atoms with Crippen LogP contribution in [0.5, 0.6) is 11.5 Å². The minimum atomic E-state index is 0.148. The fourth-order valence-electron chi connectivity index (χ4n) is 3.00. The standard InChI is InChI=1S/C20H32N2O3/c1-5-15(3)11-20(23)21-9-10-22-13-16-12-18(24-4)7-8-19(16)25-17(6-2)14-22/h7-8,12,15,17H,5-6,9-11,13-14H2,1-4H3,(H,21,23)/t15-,17-/m1/s1. The minimum Gasteiger partial charge on any atom is -0.497 e. The van der Waals surface area contributed by atoms with E-state index in [-0.39, 0.29) is 12.0 Å². The second kappa shape index (κ2) is 9.66. The van der Waals surface area contributed by atoms with E-state index < -0.39 is 0 Å². The molecule has 1 aliphatic rings. The summed E-state index contributed by atoms with van der Waals surface area (Å²) in [6.07, 6.45) is 2.78. The Bertz CT molecular complexity index is 562. The summed E-state index contributed by atoms with van der Waals surface area (Å²) in [5.74, 6) is 2.37. The average Bonchev–Trinajstić information content (AvgIpc) is 2.79. The van der Waals surface area contributed by atoms with Crippen molar-refractivity contribution >= 4 is 5.91 Å². The van der Waals surface area contributed by atoms with Gasteiger partial charge in [0.2, 0.25) is 5.91 Å². The highest BCUT2D eigenvalue weighted by molar-refractivity contribution is 5.76. The number of nitrogens with one attached hydrogen (secondary N) is 1. The van der Waals surface area contributed by atoms with Crippen LogP contribution in [0.3, 0.4) is 0 Å². The lowest BCUT2D eigenvalue weighted by Crippen LogP contribution is -2.38. The van der Waals surface area contributed by atoms with Crippen LogP contribution in [-0.4, -0.2) is 43.7 Å². The summed E-state index contributed by atoms with van der Waals surface area (Å²) in [6, 6.07) is 5.98. The number of amides is 1. The fraction of sp³-hybridized carbons (Fsp3) is 0.650. The summed E-state index contributed by atoms with van der Waals surface area (Å²) in [7, 11) is 1.68. The first kappa shape index (κ1) is 19.6. The van der Waals surface area contributed by atoms with Gasteiger partial charge in [-0.25, -0.2) is 0 Å². The Kier molecular flexibility index (Phi) is 7.56. The number of carbonyl (C=O) groups excluding carboxylic acids is 1. The van der Waals surface area contributed by atoms with Crippen molar-refractivity contribution in [3.8, 4) is 11.5 Å². The number of fused-ring (bicyclic) bond motifs is 1. The van der Waals surface area contributed by atoms with Gasteiger partial charge in [0.05, 0.1) is 7.11 Å². The molecule has 0 aliphatic carbocycles. The molecule has 0 radical (unpaired) electrons. The normalized spacial score (nSPS) is 18.6. The van der Waals surface area contributed by atoms with Crippen molar-refractivity contribution in [2.75, 3.05) is 26.7 Å². The van der Waals surface area contributed by atoms with E-state index in [0.29, 0.717) is 18.9 Å². The first-order valence-electron chi connectivity index (χ1n) is 9.38. The van der Waals surface area contributed by atoms with Gasteiger partial charge in [0.15, 0.2) is 0 Å². The van der Waals surface area contributed by atoms with Gasteiger partial charge in [0.25, 0.3) is 0 Å². The highest BCUT2D eigenvalue weighted by Crippen LogP contribution is 2.29. The third-order valence-electron chi connectivity index (χ3n) is 4.85. The van der Waals surface area contributed by atoms with Gasteiger partial charge in [-0.3, -0.25) is 9.69 Å². The summed E-state index contributed by atoms with van der Waals surface area (Å²) in [5.41, 5.74) is 1.14. The van der Waals surface area contributed by atoms with Crippen molar-refractivity contribution in [3.63, 3.8) is 0 Å². The Labute approximate surface area is 151 Å². The number of benzene rings is 1. The molecular weight excluding hydrogens is 316 g/mol. The Morgan fingerprint density at radius 1 is 1.44 bits per heavy atom. The van der Waals surface area contributed by atoms with Crippen LogP contribution in [0.1, 0.15) is 45.6 Å². The largest absolute Gasteiger partial charge is 0.497 e. The number of hydrogen-bond donors (Lipinski definition) is 1. The van der Waals surface area contributed by atoms with Crippen LogP contribution in [0.15, 0.2) is 18.2 Å². The van der Waals surface area contributed by atoms with Crippen LogP contribution in [0.2, 0.25) is 0 Å². The maximum absolute atomic E-state index is 12.0. The van der Waals surface area contributed by atoms with E-state index in [4.69, 9.17) is 9.47 Å². The molecule has 0 unspecified atom stereocenters. The second-order valence-corrected chi connectivity index (χ2v) is 6.92. The Hall–Kier alpha value is -1.75. The zero-order valence-corrected chi connectivity index (χ0v) is 16.0. The van der Waals surface area contributed by atoms with Crippen molar-refractivity contribution in [2.24, 2.45) is 5.92 Å². The lowest BCUT2D eigenvalue weighted by Gasteiger charge is -2.23. The number of rotatable bonds is 8. The van der Waals surface area contributed by atoms with Crippen LogP contribution in [0.4, 0.5) is 0 Å². The van der Waals surface area contributed by atoms with Gasteiger partial charge in [-0.1, -0.05) is 27.2 Å². The number of carbonyl (C=O) groups is 1. The molecule has 1 aromatic carbocycles. The molecule has 25 heavy (non-hydrogen) atoms. The van der Waals surface area contributed by atoms with E-state index in [9.17, 15) is 4.79 Å². The van der Waals surface area contributed by atoms with Crippen LogP contribution in [-0.2, 0) is 11.3 Å². The molecule has 1 aliphatic heterocycles. The monoisotopic (exact) mass is 348 g/mol. The molecule has 0 fully saturated rings. The SMILES string of the molecule is CC[C@@H](C)CC(=O)NCCN1Cc2cc(OC)ccc2O[C@H](CC)C1. The molecule has 0 bridgehead atoms. The summed E-state index contributed by atoms with van der Waals surface area (Å²) >= 11 is 0. The zero-order valence-electron chi connectivity index (χ0n) is 16.0. The Balaban J connectivity index is 1.94. The van der Waals surface area contributed by atoms with Gasteiger partial charge in [0.1, 0.15) is 17.6 Å². The third-order valence-corrected chi connectivity index (χ3v) is 4.85. The molecule has 1 N–H and O–H groups in total. The topological polar surface area (TPSA) is 50.8 Å². The van der Waals surface area contributed by atoms with Gasteiger partial charge in [-0.15, -0.1) is 0 Å². The smallest absolute Gasteiger partial charge is 0.220 e. The first-order chi connectivity index (χ1) is 12.0. The molecule has 5 heteroatoms. The molecule has 0 saturated heterocycles. The molecular formula is C20H32N2O3. The van der Waals surface area contributed by atoms with Crippen molar-refractivity contribution in [1.82, 2.24) is 10.2 Å². The molecule has 2 atom stereocenters. The van der Waals surface area contributed by atoms with Gasteiger partial charge < -0.3 is 14.8 Å². The predicted octanol–water partition coefficient (Wildman–Crippen LogP) is 3.22. The molecule has 5 nitrogen and oxygen atoms in total. The molecule has 0 saturated carbocycles. The molecule has 1 aromatic rings. The molecule has 1 amide bonds. The highest BCUT2D eigenvalue weighted by Gasteiger charge is 2.22. The lowest BCUT2D eigenvalue weighted by molar-refractivity contribution is -0.121. The fourth-order valence-corrected chi connectivity index (χ4v) is 3.00. The van der Waals surface area contributed by atoms with E-state index in [0.717, 1.165) is 49.5 Å². The number of methoxy groups -OCH3 is 1. The van der Waals surface area contributed by atoms with Crippen molar-refractivity contribution < 1.29 is 14.3 Å². The molecule has 0 aromatic heterocycles. The van der Waals surface area contributed by atoms with E-state index in [2.05, 4.69) is 31.0 Å². The van der Waals surface area contributed by atoms with Gasteiger partial charge >= 0.3 is 0 Å². The summed E-state index contributed by atoms with van der Waals surface area (Å²) in [4.78, 5) is 14.3. The Morgan fingerprint density at radius 3 is 2.92 bits per heavy atom. The van der Waals surface area contributed by atoms with E-state index in [1.807, 2.05) is 18.2 Å². The third kappa shape index (κ3) is 5.92. The average molecular weight is 348 g/mol. The van der Waals surface area contributed by atoms with E-state index >= 15 is 0 Å². The van der Waals surface area contributed by atoms with Gasteiger partial charge in [-0.05, 0) is 30.5 Å². The highest BCUT2D eigenvalue weighted by atomic mass is 16.5. The summed E-state index contributed by atoms with van der Waals surface area (Å²) in [6.45, 7) is 9.55. The van der Waals surface area contributed by atoms with Gasteiger partial charge in [0, 0.05) is 38.2 Å². The number of nitrogens with zero attached hydrogens (tertiary/aromatic N) is 1. The van der Waals surface area contributed by atoms with Crippen LogP contribution >= 0.6 is 0 Å². The quantitative estimate of drug-likeness (QED) is 0.784. The number of ether oxygens (including phenoxy) is 2. The first-order valence-corrected chi connectivity index (χ1v) is 9.38. The van der Waals surface area contributed by atoms with E-state index in [1.54, 1.807) is 7.11 Å². The van der Waals surface area contributed by atoms with Crippen molar-refractivity contribution in [1.29, 1.82) is 0 Å². The van der Waals surface area contributed by atoms with Crippen molar-refractivity contribution in [2.45, 2.75) is 52.7 Å². The lowest BCUT2D eigenvalue weighted by atomic mass is 10.1. The Morgan fingerprint density at radius 2 is 2.24 bits per heavy atom. The van der Waals surface area contributed by atoms with Crippen LogP contribution < -0.4 is 14.8 Å². The second-order valence-electron chi connectivity index (χ2n) is 6.92.